The van der Waals surface area contributed by atoms with Gasteiger partial charge in [0.15, 0.2) is 5.82 Å². The molecular formula is C25H23ClN4OS. The molecule has 1 amide bonds. The van der Waals surface area contributed by atoms with E-state index in [1.165, 1.54) is 23.3 Å². The van der Waals surface area contributed by atoms with Gasteiger partial charge in [0.2, 0.25) is 0 Å². The zero-order valence-corrected chi connectivity index (χ0v) is 19.3. The number of rotatable bonds is 4. The van der Waals surface area contributed by atoms with Gasteiger partial charge in [0.05, 0.1) is 15.6 Å². The number of aryl methyl sites for hydroxylation is 2. The van der Waals surface area contributed by atoms with Crippen LogP contribution in [0.3, 0.4) is 0 Å². The number of benzene rings is 2. The molecule has 0 atom stereocenters. The molecule has 5 nitrogen and oxygen atoms in total. The van der Waals surface area contributed by atoms with Crippen molar-refractivity contribution >= 4 is 34.5 Å². The van der Waals surface area contributed by atoms with Crippen LogP contribution in [0.4, 0.5) is 5.69 Å². The summed E-state index contributed by atoms with van der Waals surface area (Å²) in [7, 11) is 0. The van der Waals surface area contributed by atoms with Crippen LogP contribution in [0.5, 0.6) is 0 Å². The molecule has 5 rings (SSSR count). The molecule has 4 aromatic rings. The minimum absolute atomic E-state index is 0.172. The third-order valence-electron chi connectivity index (χ3n) is 5.82. The second-order valence-corrected chi connectivity index (χ2v) is 9.40. The Labute approximate surface area is 196 Å². The summed E-state index contributed by atoms with van der Waals surface area (Å²) in [6.07, 6.45) is 4.42. The van der Waals surface area contributed by atoms with Crippen molar-refractivity contribution in [2.45, 2.75) is 39.2 Å². The zero-order valence-electron chi connectivity index (χ0n) is 17.8. The van der Waals surface area contributed by atoms with E-state index in [9.17, 15) is 4.79 Å². The van der Waals surface area contributed by atoms with Crippen molar-refractivity contribution in [3.63, 3.8) is 0 Å². The van der Waals surface area contributed by atoms with Gasteiger partial charge in [-0.2, -0.15) is 0 Å². The Morgan fingerprint density at radius 2 is 1.84 bits per heavy atom. The van der Waals surface area contributed by atoms with Crippen molar-refractivity contribution < 1.29 is 4.79 Å². The first-order valence-electron chi connectivity index (χ1n) is 10.8. The number of amides is 1. The molecule has 3 heterocycles. The van der Waals surface area contributed by atoms with Gasteiger partial charge < -0.3 is 9.88 Å². The van der Waals surface area contributed by atoms with E-state index in [4.69, 9.17) is 11.6 Å². The van der Waals surface area contributed by atoms with E-state index in [0.717, 1.165) is 54.1 Å². The fourth-order valence-electron chi connectivity index (χ4n) is 4.08. The third kappa shape index (κ3) is 4.08. The number of hydrogen-bond acceptors (Lipinski definition) is 4. The predicted molar refractivity (Wildman–Crippen MR) is 130 cm³/mol. The van der Waals surface area contributed by atoms with Crippen molar-refractivity contribution in [3.8, 4) is 22.5 Å². The summed E-state index contributed by atoms with van der Waals surface area (Å²) < 4.78 is 2.19. The molecule has 0 saturated carbocycles. The Balaban J connectivity index is 1.44. The van der Waals surface area contributed by atoms with Crippen LogP contribution in [-0.4, -0.2) is 20.7 Å². The summed E-state index contributed by atoms with van der Waals surface area (Å²) in [5.74, 6) is 1.68. The summed E-state index contributed by atoms with van der Waals surface area (Å²) >= 11 is 7.88. The Morgan fingerprint density at radius 3 is 2.69 bits per heavy atom. The fourth-order valence-corrected chi connectivity index (χ4v) is 5.06. The maximum absolute atomic E-state index is 13.2. The van der Waals surface area contributed by atoms with Gasteiger partial charge >= 0.3 is 0 Å². The lowest BCUT2D eigenvalue weighted by Gasteiger charge is -2.11. The van der Waals surface area contributed by atoms with Crippen molar-refractivity contribution in [2.75, 3.05) is 5.32 Å². The van der Waals surface area contributed by atoms with Crippen LogP contribution < -0.4 is 5.32 Å². The molecule has 1 aliphatic heterocycles. The Morgan fingerprint density at radius 1 is 1.03 bits per heavy atom. The van der Waals surface area contributed by atoms with Crippen LogP contribution in [0.2, 0.25) is 5.02 Å². The molecule has 0 aliphatic carbocycles. The lowest BCUT2D eigenvalue weighted by Crippen LogP contribution is -2.12. The second kappa shape index (κ2) is 8.88. The quantitative estimate of drug-likeness (QED) is 0.371. The Kier molecular flexibility index (Phi) is 5.81. The van der Waals surface area contributed by atoms with E-state index >= 15 is 0 Å². The summed E-state index contributed by atoms with van der Waals surface area (Å²) in [6.45, 7) is 2.96. The minimum Gasteiger partial charge on any atom is -0.320 e. The van der Waals surface area contributed by atoms with Gasteiger partial charge in [-0.15, -0.1) is 21.5 Å². The predicted octanol–water partition coefficient (Wildman–Crippen LogP) is 6.61. The number of anilines is 1. The van der Waals surface area contributed by atoms with Crippen LogP contribution in [0.1, 0.15) is 40.3 Å². The summed E-state index contributed by atoms with van der Waals surface area (Å²) in [6, 6.07) is 15.8. The maximum atomic E-state index is 13.2. The second-order valence-electron chi connectivity index (χ2n) is 8.08. The van der Waals surface area contributed by atoms with Crippen molar-refractivity contribution in [1.29, 1.82) is 0 Å². The van der Waals surface area contributed by atoms with Crippen LogP contribution in [0.25, 0.3) is 22.5 Å². The number of carbonyl (C=O) groups is 1. The Bertz CT molecular complexity index is 1280. The highest BCUT2D eigenvalue weighted by Gasteiger charge is 2.19. The highest BCUT2D eigenvalue weighted by Crippen LogP contribution is 2.33. The van der Waals surface area contributed by atoms with Gasteiger partial charge in [0.25, 0.3) is 5.91 Å². The van der Waals surface area contributed by atoms with Crippen LogP contribution in [0, 0.1) is 6.92 Å². The smallest absolute Gasteiger partial charge is 0.266 e. The van der Waals surface area contributed by atoms with Gasteiger partial charge in [-0.25, -0.2) is 0 Å². The van der Waals surface area contributed by atoms with E-state index in [1.807, 2.05) is 42.6 Å². The first-order valence-corrected chi connectivity index (χ1v) is 12.0. The number of thiophene rings is 1. The van der Waals surface area contributed by atoms with E-state index in [-0.39, 0.29) is 5.91 Å². The lowest BCUT2D eigenvalue weighted by atomic mass is 10.0. The molecule has 0 bridgehead atoms. The molecular weight excluding hydrogens is 440 g/mol. The van der Waals surface area contributed by atoms with E-state index in [1.54, 1.807) is 6.07 Å². The molecule has 0 radical (unpaired) electrons. The number of nitrogens with zero attached hydrogens (tertiary/aromatic N) is 3. The summed E-state index contributed by atoms with van der Waals surface area (Å²) in [4.78, 5) is 13.8. The van der Waals surface area contributed by atoms with E-state index in [2.05, 4.69) is 32.2 Å². The van der Waals surface area contributed by atoms with Gasteiger partial charge in [-0.3, -0.25) is 4.79 Å². The molecule has 2 aromatic carbocycles. The molecule has 32 heavy (non-hydrogen) atoms. The minimum atomic E-state index is -0.172. The number of halogens is 1. The van der Waals surface area contributed by atoms with Crippen molar-refractivity contribution in [2.24, 2.45) is 0 Å². The number of hydrogen-bond donors (Lipinski definition) is 1. The molecule has 162 valence electrons. The van der Waals surface area contributed by atoms with Gasteiger partial charge in [0, 0.05) is 24.1 Å². The van der Waals surface area contributed by atoms with Gasteiger partial charge in [-0.05, 0) is 55.0 Å². The average Bonchev–Trinajstić information content (AvgIpc) is 3.38. The highest BCUT2D eigenvalue weighted by atomic mass is 35.5. The zero-order chi connectivity index (χ0) is 22.1. The van der Waals surface area contributed by atoms with Gasteiger partial charge in [-0.1, -0.05) is 47.9 Å². The van der Waals surface area contributed by atoms with Gasteiger partial charge in [0.1, 0.15) is 5.82 Å². The SMILES string of the molecule is Cc1ccc(-c2ccsc2C(=O)Nc2cc(-c3nnc4n3CCCCC4)ccc2Cl)cc1. The lowest BCUT2D eigenvalue weighted by molar-refractivity contribution is 0.103. The maximum Gasteiger partial charge on any atom is 0.266 e. The normalized spacial score (nSPS) is 13.4. The summed E-state index contributed by atoms with van der Waals surface area (Å²) in [5.41, 5.74) is 4.60. The average molecular weight is 463 g/mol. The molecule has 0 unspecified atom stereocenters. The number of nitrogens with one attached hydrogen (secondary N) is 1. The molecule has 2 aromatic heterocycles. The first-order chi connectivity index (χ1) is 15.6. The Hall–Kier alpha value is -2.96. The van der Waals surface area contributed by atoms with Crippen LogP contribution in [-0.2, 0) is 13.0 Å². The van der Waals surface area contributed by atoms with Crippen LogP contribution >= 0.6 is 22.9 Å². The number of aromatic nitrogens is 3. The molecule has 1 N–H and O–H groups in total. The first kappa shape index (κ1) is 20.9. The standard InChI is InChI=1S/C25H23ClN4OS/c1-16-6-8-17(9-7-16)19-12-14-32-23(19)25(31)27-21-15-18(10-11-20(21)26)24-29-28-22-5-3-2-4-13-30(22)24/h6-12,14-15H,2-5,13H2,1H3,(H,27,31). The van der Waals surface area contributed by atoms with Crippen molar-refractivity contribution in [3.05, 3.63) is 75.2 Å². The monoisotopic (exact) mass is 462 g/mol. The topological polar surface area (TPSA) is 59.8 Å². The molecule has 0 fully saturated rings. The molecule has 7 heteroatoms. The highest BCUT2D eigenvalue weighted by molar-refractivity contribution is 7.12. The van der Waals surface area contributed by atoms with E-state index in [0.29, 0.717) is 15.6 Å². The number of fused-ring (bicyclic) bond motifs is 1. The third-order valence-corrected chi connectivity index (χ3v) is 7.06. The van der Waals surface area contributed by atoms with Crippen LogP contribution in [0.15, 0.2) is 53.9 Å². The van der Waals surface area contributed by atoms with Crippen molar-refractivity contribution in [1.82, 2.24) is 14.8 Å². The molecule has 0 spiro atoms. The molecule has 1 aliphatic rings. The summed E-state index contributed by atoms with van der Waals surface area (Å²) in [5, 5.41) is 14.3. The number of carbonyl (C=O) groups excluding carboxylic acids is 1. The molecule has 0 saturated heterocycles. The largest absolute Gasteiger partial charge is 0.320 e. The van der Waals surface area contributed by atoms with E-state index < -0.39 is 0 Å². The fraction of sp³-hybridized carbons (Fsp3) is 0.240.